The predicted octanol–water partition coefficient (Wildman–Crippen LogP) is 2.58. The Labute approximate surface area is 83.5 Å². The SMILES string of the molecule is CC1CCN(c2ccnc(Cl)c2)C1. The minimum atomic E-state index is 0.581. The van der Waals surface area contributed by atoms with Crippen molar-refractivity contribution in [1.82, 2.24) is 4.98 Å². The summed E-state index contributed by atoms with van der Waals surface area (Å²) in [6.45, 7) is 4.56. The summed E-state index contributed by atoms with van der Waals surface area (Å²) in [7, 11) is 0. The van der Waals surface area contributed by atoms with E-state index in [0.29, 0.717) is 5.15 Å². The first-order chi connectivity index (χ1) is 6.25. The van der Waals surface area contributed by atoms with Crippen molar-refractivity contribution in [3.8, 4) is 0 Å². The van der Waals surface area contributed by atoms with Crippen LogP contribution < -0.4 is 4.90 Å². The Kier molecular flexibility index (Phi) is 2.40. The van der Waals surface area contributed by atoms with Crippen LogP contribution in [0.15, 0.2) is 18.3 Å². The lowest BCUT2D eigenvalue weighted by Gasteiger charge is -2.17. The Balaban J connectivity index is 2.16. The number of rotatable bonds is 1. The second kappa shape index (κ2) is 3.54. The highest BCUT2D eigenvalue weighted by Gasteiger charge is 2.18. The minimum Gasteiger partial charge on any atom is -0.371 e. The van der Waals surface area contributed by atoms with E-state index in [1.54, 1.807) is 6.20 Å². The molecule has 0 N–H and O–H groups in total. The third kappa shape index (κ3) is 1.94. The van der Waals surface area contributed by atoms with Crippen molar-refractivity contribution in [2.45, 2.75) is 13.3 Å². The van der Waals surface area contributed by atoms with Gasteiger partial charge in [0, 0.05) is 25.0 Å². The van der Waals surface area contributed by atoms with Crippen LogP contribution in [0, 0.1) is 5.92 Å². The third-order valence-electron chi connectivity index (χ3n) is 2.50. The zero-order chi connectivity index (χ0) is 9.26. The maximum absolute atomic E-state index is 5.82. The summed E-state index contributed by atoms with van der Waals surface area (Å²) in [4.78, 5) is 6.33. The molecule has 0 saturated carbocycles. The lowest BCUT2D eigenvalue weighted by Crippen LogP contribution is -2.18. The van der Waals surface area contributed by atoms with Gasteiger partial charge in [-0.25, -0.2) is 4.98 Å². The standard InChI is InChI=1S/C10H13ClN2/c1-8-3-5-13(7-8)9-2-4-12-10(11)6-9/h2,4,6,8H,3,5,7H2,1H3. The minimum absolute atomic E-state index is 0.581. The smallest absolute Gasteiger partial charge is 0.131 e. The van der Waals surface area contributed by atoms with Gasteiger partial charge in [0.1, 0.15) is 5.15 Å². The summed E-state index contributed by atoms with van der Waals surface area (Å²) >= 11 is 5.82. The van der Waals surface area contributed by atoms with E-state index in [2.05, 4.69) is 16.8 Å². The number of hydrogen-bond acceptors (Lipinski definition) is 2. The van der Waals surface area contributed by atoms with Gasteiger partial charge in [0.2, 0.25) is 0 Å². The van der Waals surface area contributed by atoms with Crippen molar-refractivity contribution >= 4 is 17.3 Å². The number of pyridine rings is 1. The summed E-state index contributed by atoms with van der Waals surface area (Å²) in [5.41, 5.74) is 1.20. The highest BCUT2D eigenvalue weighted by molar-refractivity contribution is 6.29. The van der Waals surface area contributed by atoms with Crippen LogP contribution in [0.4, 0.5) is 5.69 Å². The van der Waals surface area contributed by atoms with Gasteiger partial charge >= 0.3 is 0 Å². The summed E-state index contributed by atoms with van der Waals surface area (Å²) in [6, 6.07) is 3.95. The molecule has 1 aliphatic rings. The number of anilines is 1. The van der Waals surface area contributed by atoms with Crippen molar-refractivity contribution in [2.24, 2.45) is 5.92 Å². The zero-order valence-corrected chi connectivity index (χ0v) is 8.46. The molecule has 70 valence electrons. The first-order valence-corrected chi connectivity index (χ1v) is 5.00. The van der Waals surface area contributed by atoms with E-state index in [0.717, 1.165) is 19.0 Å². The van der Waals surface area contributed by atoms with Crippen molar-refractivity contribution in [1.29, 1.82) is 0 Å². The second-order valence-corrected chi connectivity index (χ2v) is 4.06. The van der Waals surface area contributed by atoms with Crippen molar-refractivity contribution < 1.29 is 0 Å². The molecule has 0 aliphatic carbocycles. The molecule has 1 fully saturated rings. The summed E-state index contributed by atoms with van der Waals surface area (Å²) in [5, 5.41) is 0.581. The molecular weight excluding hydrogens is 184 g/mol. The largest absolute Gasteiger partial charge is 0.371 e. The maximum Gasteiger partial charge on any atom is 0.131 e. The van der Waals surface area contributed by atoms with Gasteiger partial charge in [0.15, 0.2) is 0 Å². The molecule has 0 aromatic carbocycles. The van der Waals surface area contributed by atoms with E-state index in [-0.39, 0.29) is 0 Å². The summed E-state index contributed by atoms with van der Waals surface area (Å²) < 4.78 is 0. The van der Waals surface area contributed by atoms with Crippen LogP contribution in [0.25, 0.3) is 0 Å². The molecule has 2 heterocycles. The first-order valence-electron chi connectivity index (χ1n) is 4.62. The molecule has 0 spiro atoms. The lowest BCUT2D eigenvalue weighted by molar-refractivity contribution is 0.659. The van der Waals surface area contributed by atoms with Crippen LogP contribution in [0.1, 0.15) is 13.3 Å². The molecule has 3 heteroatoms. The Morgan fingerprint density at radius 2 is 2.46 bits per heavy atom. The van der Waals surface area contributed by atoms with E-state index in [1.807, 2.05) is 12.1 Å². The maximum atomic E-state index is 5.82. The molecule has 0 bridgehead atoms. The molecule has 0 radical (unpaired) electrons. The second-order valence-electron chi connectivity index (χ2n) is 3.68. The van der Waals surface area contributed by atoms with Crippen LogP contribution in [-0.2, 0) is 0 Å². The van der Waals surface area contributed by atoms with E-state index in [1.165, 1.54) is 12.1 Å². The Morgan fingerprint density at radius 3 is 3.08 bits per heavy atom. The number of nitrogens with zero attached hydrogens (tertiary/aromatic N) is 2. The van der Waals surface area contributed by atoms with Crippen LogP contribution in [0.2, 0.25) is 5.15 Å². The van der Waals surface area contributed by atoms with Crippen molar-refractivity contribution in [3.63, 3.8) is 0 Å². The van der Waals surface area contributed by atoms with Gasteiger partial charge in [-0.05, 0) is 24.5 Å². The highest BCUT2D eigenvalue weighted by atomic mass is 35.5. The van der Waals surface area contributed by atoms with Gasteiger partial charge in [-0.1, -0.05) is 18.5 Å². The molecule has 1 aliphatic heterocycles. The topological polar surface area (TPSA) is 16.1 Å². The molecule has 2 nitrogen and oxygen atoms in total. The number of halogens is 1. The molecule has 13 heavy (non-hydrogen) atoms. The fourth-order valence-corrected chi connectivity index (χ4v) is 1.93. The van der Waals surface area contributed by atoms with E-state index >= 15 is 0 Å². The third-order valence-corrected chi connectivity index (χ3v) is 2.71. The van der Waals surface area contributed by atoms with Gasteiger partial charge in [-0.15, -0.1) is 0 Å². The normalized spacial score (nSPS) is 22.3. The van der Waals surface area contributed by atoms with Crippen molar-refractivity contribution in [3.05, 3.63) is 23.5 Å². The first kappa shape index (κ1) is 8.82. The van der Waals surface area contributed by atoms with E-state index in [9.17, 15) is 0 Å². The molecule has 1 aromatic heterocycles. The van der Waals surface area contributed by atoms with Gasteiger partial charge in [0.05, 0.1) is 0 Å². The molecular formula is C10H13ClN2. The van der Waals surface area contributed by atoms with Crippen LogP contribution in [-0.4, -0.2) is 18.1 Å². The molecule has 1 atom stereocenters. The Bertz CT molecular complexity index is 301. The van der Waals surface area contributed by atoms with Crippen LogP contribution >= 0.6 is 11.6 Å². The van der Waals surface area contributed by atoms with Gasteiger partial charge in [-0.3, -0.25) is 0 Å². The Morgan fingerprint density at radius 1 is 1.62 bits per heavy atom. The highest BCUT2D eigenvalue weighted by Crippen LogP contribution is 2.24. The average molecular weight is 197 g/mol. The van der Waals surface area contributed by atoms with E-state index in [4.69, 9.17) is 11.6 Å². The van der Waals surface area contributed by atoms with E-state index < -0.39 is 0 Å². The molecule has 0 amide bonds. The van der Waals surface area contributed by atoms with Crippen LogP contribution in [0.3, 0.4) is 0 Å². The van der Waals surface area contributed by atoms with Gasteiger partial charge < -0.3 is 4.90 Å². The lowest BCUT2D eigenvalue weighted by atomic mass is 10.2. The zero-order valence-electron chi connectivity index (χ0n) is 7.70. The number of aromatic nitrogens is 1. The fourth-order valence-electron chi connectivity index (χ4n) is 1.76. The quantitative estimate of drug-likeness (QED) is 0.642. The average Bonchev–Trinajstić information content (AvgIpc) is 2.52. The molecule has 1 saturated heterocycles. The summed E-state index contributed by atoms with van der Waals surface area (Å²) in [5.74, 6) is 0.798. The monoisotopic (exact) mass is 196 g/mol. The van der Waals surface area contributed by atoms with Gasteiger partial charge in [0.25, 0.3) is 0 Å². The molecule has 1 aromatic rings. The fraction of sp³-hybridized carbons (Fsp3) is 0.500. The number of hydrogen-bond donors (Lipinski definition) is 0. The predicted molar refractivity (Wildman–Crippen MR) is 55.2 cm³/mol. The molecule has 1 unspecified atom stereocenters. The Hall–Kier alpha value is -0.760. The summed E-state index contributed by atoms with van der Waals surface area (Å²) in [6.07, 6.45) is 3.04. The van der Waals surface area contributed by atoms with Crippen LogP contribution in [0.5, 0.6) is 0 Å². The molecule has 2 rings (SSSR count). The van der Waals surface area contributed by atoms with Crippen molar-refractivity contribution in [2.75, 3.05) is 18.0 Å². The van der Waals surface area contributed by atoms with Gasteiger partial charge in [-0.2, -0.15) is 0 Å².